The van der Waals surface area contributed by atoms with Gasteiger partial charge in [-0.15, -0.1) is 11.6 Å². The normalized spacial score (nSPS) is 13.6. The highest BCUT2D eigenvalue weighted by atomic mass is 35.5. The van der Waals surface area contributed by atoms with Crippen molar-refractivity contribution in [2.45, 2.75) is 17.9 Å². The monoisotopic (exact) mass is 277 g/mol. The van der Waals surface area contributed by atoms with Crippen LogP contribution >= 0.6 is 11.6 Å². The molecular formula is C11H16ClNO3S. The molecule has 0 aliphatic heterocycles. The fraction of sp³-hybridized carbons (Fsp3) is 0.455. The molecule has 4 nitrogen and oxygen atoms in total. The Hall–Kier alpha value is -0.620. The van der Waals surface area contributed by atoms with Crippen LogP contribution in [-0.4, -0.2) is 34.1 Å². The molecule has 1 rings (SSSR count). The van der Waals surface area contributed by atoms with Crippen LogP contribution in [0.3, 0.4) is 0 Å². The second-order valence-corrected chi connectivity index (χ2v) is 5.77. The first kappa shape index (κ1) is 14.4. The van der Waals surface area contributed by atoms with E-state index in [0.29, 0.717) is 0 Å². The summed E-state index contributed by atoms with van der Waals surface area (Å²) in [5.41, 5.74) is 0.891. The van der Waals surface area contributed by atoms with Crippen molar-refractivity contribution in [3.63, 3.8) is 0 Å². The molecule has 0 radical (unpaired) electrons. The van der Waals surface area contributed by atoms with Crippen LogP contribution in [0.15, 0.2) is 29.2 Å². The third-order valence-corrected chi connectivity index (χ3v) is 4.07. The zero-order valence-electron chi connectivity index (χ0n) is 9.81. The fourth-order valence-corrected chi connectivity index (χ4v) is 2.96. The number of sulfonamides is 1. The van der Waals surface area contributed by atoms with Gasteiger partial charge >= 0.3 is 0 Å². The van der Waals surface area contributed by atoms with Crippen LogP contribution in [0.1, 0.15) is 5.56 Å². The molecular weight excluding hydrogens is 262 g/mol. The predicted octanol–water partition coefficient (Wildman–Crippen LogP) is 1.53. The van der Waals surface area contributed by atoms with Gasteiger partial charge in [-0.05, 0) is 24.6 Å². The van der Waals surface area contributed by atoms with E-state index in [0.717, 1.165) is 5.56 Å². The van der Waals surface area contributed by atoms with Crippen molar-refractivity contribution in [2.24, 2.45) is 0 Å². The number of nitrogens with one attached hydrogen (secondary N) is 1. The number of hydrogen-bond acceptors (Lipinski definition) is 3. The molecule has 1 unspecified atom stereocenters. The number of rotatable bonds is 6. The Kier molecular flexibility index (Phi) is 5.39. The Morgan fingerprint density at radius 1 is 1.47 bits per heavy atom. The zero-order valence-corrected chi connectivity index (χ0v) is 11.4. The SMILES string of the molecule is COCC(CCl)NS(=O)(=O)c1cccc(C)c1. The average molecular weight is 278 g/mol. The molecule has 0 bridgehead atoms. The molecule has 0 fully saturated rings. The van der Waals surface area contributed by atoms with Gasteiger partial charge in [0.05, 0.1) is 17.5 Å². The molecule has 1 atom stereocenters. The Balaban J connectivity index is 2.88. The van der Waals surface area contributed by atoms with Crippen molar-refractivity contribution < 1.29 is 13.2 Å². The quantitative estimate of drug-likeness (QED) is 0.803. The summed E-state index contributed by atoms with van der Waals surface area (Å²) in [7, 11) is -2.03. The molecule has 1 aromatic carbocycles. The molecule has 0 aromatic heterocycles. The van der Waals surface area contributed by atoms with Gasteiger partial charge in [-0.25, -0.2) is 13.1 Å². The number of methoxy groups -OCH3 is 1. The van der Waals surface area contributed by atoms with E-state index in [-0.39, 0.29) is 17.4 Å². The average Bonchev–Trinajstić information content (AvgIpc) is 2.28. The second kappa shape index (κ2) is 6.35. The number of hydrogen-bond donors (Lipinski definition) is 1. The molecule has 0 heterocycles. The molecule has 1 aromatic rings. The fourth-order valence-electron chi connectivity index (χ4n) is 1.38. The Morgan fingerprint density at radius 3 is 2.71 bits per heavy atom. The number of alkyl halides is 1. The van der Waals surface area contributed by atoms with E-state index in [1.165, 1.54) is 7.11 Å². The van der Waals surface area contributed by atoms with Crippen molar-refractivity contribution in [1.29, 1.82) is 0 Å². The molecule has 0 amide bonds. The lowest BCUT2D eigenvalue weighted by atomic mass is 10.2. The smallest absolute Gasteiger partial charge is 0.240 e. The van der Waals surface area contributed by atoms with Gasteiger partial charge in [0.2, 0.25) is 10.0 Å². The van der Waals surface area contributed by atoms with E-state index >= 15 is 0 Å². The largest absolute Gasteiger partial charge is 0.383 e. The first-order chi connectivity index (χ1) is 7.99. The van der Waals surface area contributed by atoms with Gasteiger partial charge in [-0.2, -0.15) is 0 Å². The van der Waals surface area contributed by atoms with E-state index in [2.05, 4.69) is 4.72 Å². The highest BCUT2D eigenvalue weighted by Crippen LogP contribution is 2.11. The lowest BCUT2D eigenvalue weighted by Crippen LogP contribution is -2.39. The standard InChI is InChI=1S/C11H16ClNO3S/c1-9-4-3-5-11(6-9)17(14,15)13-10(7-12)8-16-2/h3-6,10,13H,7-8H2,1-2H3. The minimum atomic E-state index is -3.53. The van der Waals surface area contributed by atoms with E-state index in [9.17, 15) is 8.42 Å². The molecule has 0 spiro atoms. The van der Waals surface area contributed by atoms with Crippen LogP contribution in [0.5, 0.6) is 0 Å². The highest BCUT2D eigenvalue weighted by molar-refractivity contribution is 7.89. The maximum atomic E-state index is 12.0. The second-order valence-electron chi connectivity index (χ2n) is 3.74. The zero-order chi connectivity index (χ0) is 12.9. The number of halogens is 1. The Labute approximate surface area is 107 Å². The van der Waals surface area contributed by atoms with Crippen LogP contribution < -0.4 is 4.72 Å². The predicted molar refractivity (Wildman–Crippen MR) is 67.9 cm³/mol. The summed E-state index contributed by atoms with van der Waals surface area (Å²) < 4.78 is 31.4. The van der Waals surface area contributed by atoms with Gasteiger partial charge in [-0.3, -0.25) is 0 Å². The molecule has 6 heteroatoms. The summed E-state index contributed by atoms with van der Waals surface area (Å²) in [6.07, 6.45) is 0. The summed E-state index contributed by atoms with van der Waals surface area (Å²) in [4.78, 5) is 0.240. The summed E-state index contributed by atoms with van der Waals surface area (Å²) in [6.45, 7) is 2.09. The van der Waals surface area contributed by atoms with Crippen molar-refractivity contribution >= 4 is 21.6 Å². The molecule has 0 aliphatic carbocycles. The van der Waals surface area contributed by atoms with Gasteiger partial charge in [-0.1, -0.05) is 12.1 Å². The van der Waals surface area contributed by atoms with E-state index < -0.39 is 16.1 Å². The van der Waals surface area contributed by atoms with E-state index in [1.807, 2.05) is 13.0 Å². The van der Waals surface area contributed by atoms with Crippen LogP contribution in [0.2, 0.25) is 0 Å². The minimum absolute atomic E-state index is 0.166. The molecule has 96 valence electrons. The van der Waals surface area contributed by atoms with Gasteiger partial charge in [0, 0.05) is 13.0 Å². The van der Waals surface area contributed by atoms with Crippen LogP contribution in [0, 0.1) is 6.92 Å². The molecule has 0 aliphatic rings. The number of benzene rings is 1. The summed E-state index contributed by atoms with van der Waals surface area (Å²) in [5, 5.41) is 0. The summed E-state index contributed by atoms with van der Waals surface area (Å²) in [6, 6.07) is 6.28. The molecule has 17 heavy (non-hydrogen) atoms. The maximum absolute atomic E-state index is 12.0. The molecule has 1 N–H and O–H groups in total. The molecule has 0 saturated carbocycles. The van der Waals surface area contributed by atoms with Crippen LogP contribution in [0.25, 0.3) is 0 Å². The first-order valence-electron chi connectivity index (χ1n) is 5.13. The third-order valence-electron chi connectivity index (χ3n) is 2.18. The highest BCUT2D eigenvalue weighted by Gasteiger charge is 2.19. The minimum Gasteiger partial charge on any atom is -0.383 e. The van der Waals surface area contributed by atoms with E-state index in [4.69, 9.17) is 16.3 Å². The van der Waals surface area contributed by atoms with Crippen molar-refractivity contribution in [3.8, 4) is 0 Å². The lowest BCUT2D eigenvalue weighted by molar-refractivity contribution is 0.181. The van der Waals surface area contributed by atoms with Gasteiger partial charge in [0.25, 0.3) is 0 Å². The number of ether oxygens (including phenoxy) is 1. The maximum Gasteiger partial charge on any atom is 0.240 e. The Morgan fingerprint density at radius 2 is 2.18 bits per heavy atom. The van der Waals surface area contributed by atoms with E-state index in [1.54, 1.807) is 18.2 Å². The number of aryl methyl sites for hydroxylation is 1. The van der Waals surface area contributed by atoms with Crippen LogP contribution in [-0.2, 0) is 14.8 Å². The summed E-state index contributed by atoms with van der Waals surface area (Å²) >= 11 is 5.66. The lowest BCUT2D eigenvalue weighted by Gasteiger charge is -2.15. The van der Waals surface area contributed by atoms with Gasteiger partial charge < -0.3 is 4.74 Å². The van der Waals surface area contributed by atoms with Gasteiger partial charge in [0.1, 0.15) is 0 Å². The van der Waals surface area contributed by atoms with Crippen molar-refractivity contribution in [2.75, 3.05) is 19.6 Å². The Bertz CT molecular complexity index is 462. The van der Waals surface area contributed by atoms with Gasteiger partial charge in [0.15, 0.2) is 0 Å². The molecule has 0 saturated heterocycles. The van der Waals surface area contributed by atoms with Crippen molar-refractivity contribution in [3.05, 3.63) is 29.8 Å². The van der Waals surface area contributed by atoms with Crippen molar-refractivity contribution in [1.82, 2.24) is 4.72 Å². The van der Waals surface area contributed by atoms with Crippen LogP contribution in [0.4, 0.5) is 0 Å². The summed E-state index contributed by atoms with van der Waals surface area (Å²) in [5.74, 6) is 0.166. The topological polar surface area (TPSA) is 55.4 Å². The first-order valence-corrected chi connectivity index (χ1v) is 7.15. The third kappa shape index (κ3) is 4.27.